The molecule has 0 spiro atoms. The number of nitrogens with zero attached hydrogens (tertiary/aromatic N) is 1. The predicted octanol–water partition coefficient (Wildman–Crippen LogP) is 3.11. The van der Waals surface area contributed by atoms with E-state index in [0.717, 1.165) is 31.4 Å². The molecule has 2 aliphatic carbocycles. The Morgan fingerprint density at radius 2 is 2.21 bits per heavy atom. The fourth-order valence-electron chi connectivity index (χ4n) is 1.88. The van der Waals surface area contributed by atoms with Crippen LogP contribution in [0.3, 0.4) is 0 Å². The van der Waals surface area contributed by atoms with Crippen LogP contribution in [-0.2, 0) is 4.74 Å². The van der Waals surface area contributed by atoms with Gasteiger partial charge in [-0.05, 0) is 30.9 Å². The summed E-state index contributed by atoms with van der Waals surface area (Å²) in [5.41, 5.74) is 1.00. The van der Waals surface area contributed by atoms with Gasteiger partial charge in [0.05, 0.1) is 23.6 Å². The van der Waals surface area contributed by atoms with Crippen LogP contribution in [-0.4, -0.2) is 7.11 Å². The second kappa shape index (κ2) is 3.33. The first-order valence-electron chi connectivity index (χ1n) is 4.77. The van der Waals surface area contributed by atoms with Crippen LogP contribution in [0.25, 0.3) is 0 Å². The summed E-state index contributed by atoms with van der Waals surface area (Å²) in [6.45, 7) is 0. The number of halogens is 1. The minimum absolute atomic E-state index is 0.181. The van der Waals surface area contributed by atoms with Crippen molar-refractivity contribution < 1.29 is 4.74 Å². The van der Waals surface area contributed by atoms with Crippen molar-refractivity contribution in [1.82, 2.24) is 0 Å². The molecule has 1 fully saturated rings. The highest BCUT2D eigenvalue weighted by Crippen LogP contribution is 2.54. The van der Waals surface area contributed by atoms with Crippen LogP contribution < -0.4 is 0 Å². The number of nitriles is 1. The average molecular weight is 210 g/mol. The molecule has 0 saturated heterocycles. The van der Waals surface area contributed by atoms with Crippen LogP contribution in [0.2, 0.25) is 0 Å². The van der Waals surface area contributed by atoms with E-state index in [-0.39, 0.29) is 5.41 Å². The van der Waals surface area contributed by atoms with Crippen LogP contribution in [0.15, 0.2) is 22.4 Å². The summed E-state index contributed by atoms with van der Waals surface area (Å²) in [5.74, 6) is 0.837. The Morgan fingerprint density at radius 3 is 2.64 bits per heavy atom. The summed E-state index contributed by atoms with van der Waals surface area (Å²) < 4.78 is 5.14. The molecule has 0 atom stereocenters. The van der Waals surface area contributed by atoms with Crippen molar-refractivity contribution in [2.24, 2.45) is 5.41 Å². The van der Waals surface area contributed by atoms with Gasteiger partial charge in [-0.25, -0.2) is 0 Å². The molecule has 0 unspecified atom stereocenters. The minimum Gasteiger partial charge on any atom is -0.500 e. The molecule has 0 aliphatic heterocycles. The van der Waals surface area contributed by atoms with Gasteiger partial charge in [-0.2, -0.15) is 5.26 Å². The lowest BCUT2D eigenvalue weighted by Crippen LogP contribution is -2.07. The van der Waals surface area contributed by atoms with Crippen LogP contribution in [0.1, 0.15) is 25.7 Å². The van der Waals surface area contributed by atoms with E-state index >= 15 is 0 Å². The Bertz CT molecular complexity index is 358. The molecule has 0 radical (unpaired) electrons. The highest BCUT2D eigenvalue weighted by molar-refractivity contribution is 6.31. The molecular formula is C11H12ClNO. The molecule has 74 valence electrons. The molecule has 0 aromatic carbocycles. The summed E-state index contributed by atoms with van der Waals surface area (Å²) in [7, 11) is 1.63. The summed E-state index contributed by atoms with van der Waals surface area (Å²) in [6, 6.07) is 2.39. The molecule has 1 saturated carbocycles. The Hall–Kier alpha value is -0.940. The van der Waals surface area contributed by atoms with Gasteiger partial charge in [0.15, 0.2) is 0 Å². The quantitative estimate of drug-likeness (QED) is 0.700. The second-order valence-electron chi connectivity index (χ2n) is 3.84. The molecule has 2 nitrogen and oxygen atoms in total. The molecule has 0 bridgehead atoms. The van der Waals surface area contributed by atoms with Gasteiger partial charge in [-0.1, -0.05) is 11.6 Å². The molecule has 14 heavy (non-hydrogen) atoms. The SMILES string of the molecule is COC1=C(Cl)C=C(C2(C#N)CC2)CC1. The third-order valence-electron chi connectivity index (χ3n) is 3.01. The summed E-state index contributed by atoms with van der Waals surface area (Å²) in [5, 5.41) is 9.70. The Balaban J connectivity index is 2.26. The molecule has 0 N–H and O–H groups in total. The van der Waals surface area contributed by atoms with E-state index in [0.29, 0.717) is 5.03 Å². The smallest absolute Gasteiger partial charge is 0.114 e. The topological polar surface area (TPSA) is 33.0 Å². The number of rotatable bonds is 2. The Morgan fingerprint density at radius 1 is 1.50 bits per heavy atom. The standard InChI is InChI=1S/C11H12ClNO/c1-14-10-3-2-8(6-9(10)12)11(7-13)4-5-11/h6H,2-5H2,1H3. The molecule has 0 aromatic rings. The first-order valence-corrected chi connectivity index (χ1v) is 5.14. The maximum Gasteiger partial charge on any atom is 0.114 e. The minimum atomic E-state index is -0.181. The van der Waals surface area contributed by atoms with Crippen molar-refractivity contribution >= 4 is 11.6 Å². The van der Waals surface area contributed by atoms with Gasteiger partial charge in [0.2, 0.25) is 0 Å². The average Bonchev–Trinajstić information content (AvgIpc) is 2.98. The summed E-state index contributed by atoms with van der Waals surface area (Å²) in [6.07, 6.45) is 5.63. The van der Waals surface area contributed by atoms with Gasteiger partial charge in [-0.15, -0.1) is 0 Å². The maximum atomic E-state index is 9.04. The zero-order valence-corrected chi connectivity index (χ0v) is 8.90. The number of allylic oxidation sites excluding steroid dienone is 4. The second-order valence-corrected chi connectivity index (χ2v) is 4.25. The number of hydrogen-bond donors (Lipinski definition) is 0. The molecule has 0 aromatic heterocycles. The van der Waals surface area contributed by atoms with Crippen molar-refractivity contribution in [3.8, 4) is 6.07 Å². The third-order valence-corrected chi connectivity index (χ3v) is 3.33. The lowest BCUT2D eigenvalue weighted by molar-refractivity contribution is 0.273. The van der Waals surface area contributed by atoms with Gasteiger partial charge in [0.25, 0.3) is 0 Å². The summed E-state index contributed by atoms with van der Waals surface area (Å²) in [4.78, 5) is 0. The van der Waals surface area contributed by atoms with Crippen molar-refractivity contribution in [2.75, 3.05) is 7.11 Å². The van der Waals surface area contributed by atoms with Crippen molar-refractivity contribution in [1.29, 1.82) is 5.26 Å². The highest BCUT2D eigenvalue weighted by Gasteiger charge is 2.46. The normalized spacial score (nSPS) is 23.9. The highest BCUT2D eigenvalue weighted by atomic mass is 35.5. The largest absolute Gasteiger partial charge is 0.500 e. The monoisotopic (exact) mass is 209 g/mol. The van der Waals surface area contributed by atoms with Crippen LogP contribution in [0, 0.1) is 16.7 Å². The van der Waals surface area contributed by atoms with Crippen molar-refractivity contribution in [3.05, 3.63) is 22.4 Å². The molecule has 0 amide bonds. The molecule has 2 aliphatic rings. The molecular weight excluding hydrogens is 198 g/mol. The number of methoxy groups -OCH3 is 1. The first-order chi connectivity index (χ1) is 6.72. The van der Waals surface area contributed by atoms with Crippen LogP contribution >= 0.6 is 11.6 Å². The van der Waals surface area contributed by atoms with Gasteiger partial charge < -0.3 is 4.74 Å². The van der Waals surface area contributed by atoms with E-state index < -0.39 is 0 Å². The van der Waals surface area contributed by atoms with Gasteiger partial charge in [-0.3, -0.25) is 0 Å². The summed E-state index contributed by atoms with van der Waals surface area (Å²) >= 11 is 6.04. The van der Waals surface area contributed by atoms with E-state index in [4.69, 9.17) is 21.6 Å². The predicted molar refractivity (Wildman–Crippen MR) is 54.5 cm³/mol. The molecule has 3 heteroatoms. The van der Waals surface area contributed by atoms with Gasteiger partial charge in [0.1, 0.15) is 5.76 Å². The van der Waals surface area contributed by atoms with E-state index in [1.54, 1.807) is 7.11 Å². The Labute approximate surface area is 88.8 Å². The lowest BCUT2D eigenvalue weighted by Gasteiger charge is -2.18. The fourth-order valence-corrected chi connectivity index (χ4v) is 2.18. The third kappa shape index (κ3) is 1.42. The van der Waals surface area contributed by atoms with E-state index in [2.05, 4.69) is 6.07 Å². The van der Waals surface area contributed by atoms with E-state index in [1.165, 1.54) is 5.57 Å². The molecule has 2 rings (SSSR count). The van der Waals surface area contributed by atoms with E-state index in [9.17, 15) is 0 Å². The Kier molecular flexibility index (Phi) is 2.28. The number of hydrogen-bond acceptors (Lipinski definition) is 2. The fraction of sp³-hybridized carbons (Fsp3) is 0.545. The van der Waals surface area contributed by atoms with Crippen molar-refractivity contribution in [3.63, 3.8) is 0 Å². The molecule has 0 heterocycles. The van der Waals surface area contributed by atoms with Crippen molar-refractivity contribution in [2.45, 2.75) is 25.7 Å². The van der Waals surface area contributed by atoms with Gasteiger partial charge in [0, 0.05) is 6.42 Å². The van der Waals surface area contributed by atoms with Gasteiger partial charge >= 0.3 is 0 Å². The van der Waals surface area contributed by atoms with E-state index in [1.807, 2.05) is 6.08 Å². The van der Waals surface area contributed by atoms with Crippen LogP contribution in [0.5, 0.6) is 0 Å². The van der Waals surface area contributed by atoms with Crippen LogP contribution in [0.4, 0.5) is 0 Å². The first kappa shape index (κ1) is 9.61. The zero-order chi connectivity index (χ0) is 10.2. The number of ether oxygens (including phenoxy) is 1. The zero-order valence-electron chi connectivity index (χ0n) is 8.14. The lowest BCUT2D eigenvalue weighted by atomic mass is 9.90. The maximum absolute atomic E-state index is 9.04.